The SMILES string of the molecule is O=C1c2cccc3c2N(CC3)CCN1CCN1CCC(N2CCOCC2)CC1. The highest BCUT2D eigenvalue weighted by molar-refractivity contribution is 6.01. The van der Waals surface area contributed by atoms with Gasteiger partial charge in [-0.25, -0.2) is 0 Å². The number of anilines is 1. The highest BCUT2D eigenvalue weighted by Gasteiger charge is 2.32. The minimum absolute atomic E-state index is 0.226. The monoisotopic (exact) mass is 384 g/mol. The highest BCUT2D eigenvalue weighted by Crippen LogP contribution is 2.34. The molecule has 0 aliphatic carbocycles. The summed E-state index contributed by atoms with van der Waals surface area (Å²) in [5.74, 6) is 0.226. The Morgan fingerprint density at radius 1 is 0.929 bits per heavy atom. The Morgan fingerprint density at radius 3 is 2.57 bits per heavy atom. The van der Waals surface area contributed by atoms with E-state index in [1.807, 2.05) is 6.07 Å². The van der Waals surface area contributed by atoms with Gasteiger partial charge in [0.25, 0.3) is 5.91 Å². The predicted molar refractivity (Wildman–Crippen MR) is 110 cm³/mol. The van der Waals surface area contributed by atoms with Gasteiger partial charge in [-0.15, -0.1) is 0 Å². The van der Waals surface area contributed by atoms with Crippen LogP contribution in [0.25, 0.3) is 0 Å². The van der Waals surface area contributed by atoms with Crippen molar-refractivity contribution in [3.63, 3.8) is 0 Å². The number of carbonyl (C=O) groups is 1. The zero-order valence-electron chi connectivity index (χ0n) is 16.8. The third-order valence-electron chi connectivity index (χ3n) is 7.05. The van der Waals surface area contributed by atoms with Gasteiger partial charge >= 0.3 is 0 Å². The molecule has 4 aliphatic heterocycles. The van der Waals surface area contributed by atoms with Crippen LogP contribution in [0.4, 0.5) is 5.69 Å². The maximum Gasteiger partial charge on any atom is 0.256 e. The molecule has 0 spiro atoms. The van der Waals surface area contributed by atoms with Gasteiger partial charge in [0.05, 0.1) is 24.5 Å². The molecule has 0 atom stereocenters. The van der Waals surface area contributed by atoms with Crippen LogP contribution >= 0.6 is 0 Å². The van der Waals surface area contributed by atoms with Gasteiger partial charge in [-0.2, -0.15) is 0 Å². The van der Waals surface area contributed by atoms with Crippen molar-refractivity contribution in [3.05, 3.63) is 29.3 Å². The van der Waals surface area contributed by atoms with Crippen molar-refractivity contribution in [1.82, 2.24) is 14.7 Å². The van der Waals surface area contributed by atoms with Gasteiger partial charge in [0.1, 0.15) is 0 Å². The number of hydrogen-bond acceptors (Lipinski definition) is 5. The Labute approximate surface area is 168 Å². The van der Waals surface area contributed by atoms with Crippen molar-refractivity contribution in [3.8, 4) is 0 Å². The number of ether oxygens (including phenoxy) is 1. The zero-order valence-corrected chi connectivity index (χ0v) is 16.8. The Balaban J connectivity index is 1.16. The number of amides is 1. The summed E-state index contributed by atoms with van der Waals surface area (Å²) in [6, 6.07) is 6.97. The molecule has 2 saturated heterocycles. The van der Waals surface area contributed by atoms with Gasteiger partial charge in [-0.1, -0.05) is 12.1 Å². The molecule has 0 N–H and O–H groups in total. The third-order valence-corrected chi connectivity index (χ3v) is 7.05. The Morgan fingerprint density at radius 2 is 1.75 bits per heavy atom. The van der Waals surface area contributed by atoms with Crippen LogP contribution < -0.4 is 4.90 Å². The first-order valence-electron chi connectivity index (χ1n) is 11.0. The molecule has 6 nitrogen and oxygen atoms in total. The smallest absolute Gasteiger partial charge is 0.256 e. The Bertz CT molecular complexity index is 710. The number of hydrogen-bond donors (Lipinski definition) is 0. The van der Waals surface area contributed by atoms with Crippen molar-refractivity contribution in [2.75, 3.05) is 77.0 Å². The minimum atomic E-state index is 0.226. The topological polar surface area (TPSA) is 39.3 Å². The second kappa shape index (κ2) is 8.01. The maximum absolute atomic E-state index is 13.2. The van der Waals surface area contributed by atoms with Crippen molar-refractivity contribution < 1.29 is 9.53 Å². The molecular formula is C22H32N4O2. The van der Waals surface area contributed by atoms with Gasteiger partial charge in [-0.05, 0) is 44.0 Å². The van der Waals surface area contributed by atoms with Crippen LogP contribution in [0.5, 0.6) is 0 Å². The summed E-state index contributed by atoms with van der Waals surface area (Å²) >= 11 is 0. The lowest BCUT2D eigenvalue weighted by atomic mass is 10.0. The van der Waals surface area contributed by atoms with Gasteiger partial charge < -0.3 is 19.4 Å². The van der Waals surface area contributed by atoms with Crippen molar-refractivity contribution >= 4 is 11.6 Å². The molecule has 0 aromatic heterocycles. The Kier molecular flexibility index (Phi) is 5.26. The van der Waals surface area contributed by atoms with Crippen molar-refractivity contribution in [2.24, 2.45) is 0 Å². The molecule has 6 heteroatoms. The molecule has 0 bridgehead atoms. The maximum atomic E-state index is 13.2. The molecule has 0 radical (unpaired) electrons. The van der Waals surface area contributed by atoms with Gasteiger partial charge in [0, 0.05) is 51.9 Å². The van der Waals surface area contributed by atoms with E-state index in [1.165, 1.54) is 24.1 Å². The van der Waals surface area contributed by atoms with Crippen LogP contribution in [0.15, 0.2) is 18.2 Å². The van der Waals surface area contributed by atoms with Crippen LogP contribution in [0.3, 0.4) is 0 Å². The van der Waals surface area contributed by atoms with Crippen molar-refractivity contribution in [2.45, 2.75) is 25.3 Å². The van der Waals surface area contributed by atoms with E-state index < -0.39 is 0 Å². The minimum Gasteiger partial charge on any atom is -0.379 e. The number of likely N-dealkylation sites (tertiary alicyclic amines) is 1. The predicted octanol–water partition coefficient (Wildman–Crippen LogP) is 1.30. The van der Waals surface area contributed by atoms with E-state index in [9.17, 15) is 4.79 Å². The standard InChI is InChI=1S/C22H32N4O2/c27-22-20-3-1-2-18-4-9-25(21(18)20)12-13-26(22)11-10-23-7-5-19(6-8-23)24-14-16-28-17-15-24/h1-3,19H,4-17H2. The highest BCUT2D eigenvalue weighted by atomic mass is 16.5. The Hall–Kier alpha value is -1.63. The lowest BCUT2D eigenvalue weighted by Gasteiger charge is -2.40. The van der Waals surface area contributed by atoms with Crippen LogP contribution in [-0.4, -0.2) is 98.8 Å². The van der Waals surface area contributed by atoms with E-state index in [4.69, 9.17) is 4.74 Å². The summed E-state index contributed by atoms with van der Waals surface area (Å²) in [6.07, 6.45) is 3.57. The molecule has 2 fully saturated rings. The van der Waals surface area contributed by atoms with Crippen molar-refractivity contribution in [1.29, 1.82) is 0 Å². The zero-order chi connectivity index (χ0) is 18.9. The van der Waals surface area contributed by atoms with Crippen LogP contribution in [-0.2, 0) is 11.2 Å². The van der Waals surface area contributed by atoms with Gasteiger partial charge in [-0.3, -0.25) is 9.69 Å². The molecule has 5 rings (SSSR count). The average molecular weight is 385 g/mol. The molecule has 1 aromatic carbocycles. The molecule has 4 aliphatic rings. The molecule has 0 unspecified atom stereocenters. The second-order valence-electron chi connectivity index (χ2n) is 8.56. The number of carbonyl (C=O) groups excluding carboxylic acids is 1. The molecule has 0 saturated carbocycles. The molecular weight excluding hydrogens is 352 g/mol. The number of nitrogens with zero attached hydrogens (tertiary/aromatic N) is 4. The number of rotatable bonds is 4. The molecule has 1 amide bonds. The lowest BCUT2D eigenvalue weighted by Crippen LogP contribution is -2.50. The van der Waals surface area contributed by atoms with Gasteiger partial charge in [0.15, 0.2) is 0 Å². The summed E-state index contributed by atoms with van der Waals surface area (Å²) in [5.41, 5.74) is 3.47. The van der Waals surface area contributed by atoms with E-state index in [2.05, 4.69) is 31.7 Å². The molecule has 152 valence electrons. The largest absolute Gasteiger partial charge is 0.379 e. The first-order valence-corrected chi connectivity index (χ1v) is 11.0. The fourth-order valence-corrected chi connectivity index (χ4v) is 5.37. The number of piperidine rings is 1. The summed E-state index contributed by atoms with van der Waals surface area (Å²) in [5, 5.41) is 0. The normalized spacial score (nSPS) is 24.5. The lowest BCUT2D eigenvalue weighted by molar-refractivity contribution is 0.000375. The quantitative estimate of drug-likeness (QED) is 0.783. The van der Waals surface area contributed by atoms with Crippen LogP contribution in [0.1, 0.15) is 28.8 Å². The first kappa shape index (κ1) is 18.4. The molecule has 28 heavy (non-hydrogen) atoms. The summed E-state index contributed by atoms with van der Waals surface area (Å²) in [6.45, 7) is 11.0. The van der Waals surface area contributed by atoms with E-state index in [0.717, 1.165) is 90.1 Å². The van der Waals surface area contributed by atoms with Crippen LogP contribution in [0.2, 0.25) is 0 Å². The fourth-order valence-electron chi connectivity index (χ4n) is 5.37. The third kappa shape index (κ3) is 3.53. The van der Waals surface area contributed by atoms with E-state index in [-0.39, 0.29) is 5.91 Å². The van der Waals surface area contributed by atoms with Gasteiger partial charge in [0.2, 0.25) is 0 Å². The fraction of sp³-hybridized carbons (Fsp3) is 0.682. The first-order chi connectivity index (χ1) is 13.8. The summed E-state index contributed by atoms with van der Waals surface area (Å²) < 4.78 is 5.49. The van der Waals surface area contributed by atoms with E-state index in [1.54, 1.807) is 0 Å². The second-order valence-corrected chi connectivity index (χ2v) is 8.56. The molecule has 4 heterocycles. The number of morpholine rings is 1. The number of benzene rings is 1. The number of para-hydroxylation sites is 1. The molecule has 1 aromatic rings. The summed E-state index contributed by atoms with van der Waals surface area (Å²) in [4.78, 5) is 22.8. The van der Waals surface area contributed by atoms with Crippen LogP contribution in [0, 0.1) is 0 Å². The van der Waals surface area contributed by atoms with E-state index >= 15 is 0 Å². The van der Waals surface area contributed by atoms with E-state index in [0.29, 0.717) is 0 Å². The average Bonchev–Trinajstić information content (AvgIpc) is 3.11. The summed E-state index contributed by atoms with van der Waals surface area (Å²) in [7, 11) is 0.